The molecule has 1 atom stereocenters. The summed E-state index contributed by atoms with van der Waals surface area (Å²) in [5.74, 6) is 0.468. The van der Waals surface area contributed by atoms with Crippen molar-refractivity contribution >= 4 is 6.03 Å². The van der Waals surface area contributed by atoms with Crippen molar-refractivity contribution < 1.29 is 9.53 Å². The molecule has 0 unspecified atom stereocenters. The van der Waals surface area contributed by atoms with Crippen molar-refractivity contribution in [1.29, 1.82) is 0 Å². The van der Waals surface area contributed by atoms with Gasteiger partial charge in [-0.05, 0) is 37.8 Å². The van der Waals surface area contributed by atoms with Gasteiger partial charge in [0.1, 0.15) is 0 Å². The van der Waals surface area contributed by atoms with Crippen LogP contribution in [0.5, 0.6) is 0 Å². The molecule has 7 nitrogen and oxygen atoms in total. The van der Waals surface area contributed by atoms with Crippen LogP contribution in [0, 0.1) is 12.8 Å². The van der Waals surface area contributed by atoms with E-state index in [1.807, 2.05) is 38.4 Å². The number of aromatic nitrogens is 3. The largest absolute Gasteiger partial charge is 0.383 e. The lowest BCUT2D eigenvalue weighted by atomic mass is 10.1. The molecule has 2 aromatic rings. The number of ether oxygens (including phenoxy) is 1. The maximum absolute atomic E-state index is 13.0. The van der Waals surface area contributed by atoms with Gasteiger partial charge in [-0.25, -0.2) is 4.79 Å². The van der Waals surface area contributed by atoms with Gasteiger partial charge in [0.15, 0.2) is 0 Å². The number of rotatable bonds is 8. The summed E-state index contributed by atoms with van der Waals surface area (Å²) in [6, 6.07) is 5.84. The Hall–Kier alpha value is -2.41. The normalized spacial score (nSPS) is 14.9. The third-order valence-electron chi connectivity index (χ3n) is 4.59. The second kappa shape index (κ2) is 8.31. The van der Waals surface area contributed by atoms with Crippen LogP contribution in [0.3, 0.4) is 0 Å². The Kier molecular flexibility index (Phi) is 5.88. The highest BCUT2D eigenvalue weighted by atomic mass is 16.5. The average Bonchev–Trinajstić information content (AvgIpc) is 3.38. The number of amides is 2. The Morgan fingerprint density at radius 2 is 2.27 bits per heavy atom. The molecule has 1 aliphatic carbocycles. The number of hydrogen-bond donors (Lipinski definition) is 1. The predicted octanol–water partition coefficient (Wildman–Crippen LogP) is 2.43. The van der Waals surface area contributed by atoms with Gasteiger partial charge in [0, 0.05) is 38.2 Å². The summed E-state index contributed by atoms with van der Waals surface area (Å²) in [6.07, 6.45) is 5.96. The fraction of sp³-hybridized carbons (Fsp3) is 0.526. The van der Waals surface area contributed by atoms with Crippen molar-refractivity contribution in [1.82, 2.24) is 25.0 Å². The third kappa shape index (κ3) is 4.82. The van der Waals surface area contributed by atoms with Crippen molar-refractivity contribution in [3.8, 4) is 0 Å². The molecule has 2 amide bonds. The summed E-state index contributed by atoms with van der Waals surface area (Å²) in [4.78, 5) is 19.4. The van der Waals surface area contributed by atoms with Crippen LogP contribution in [0.25, 0.3) is 0 Å². The number of urea groups is 1. The molecule has 7 heteroatoms. The van der Waals surface area contributed by atoms with E-state index in [4.69, 9.17) is 4.74 Å². The molecule has 26 heavy (non-hydrogen) atoms. The second-order valence-corrected chi connectivity index (χ2v) is 6.91. The van der Waals surface area contributed by atoms with Gasteiger partial charge in [0.25, 0.3) is 0 Å². The van der Waals surface area contributed by atoms with E-state index in [9.17, 15) is 4.79 Å². The molecule has 2 aromatic heterocycles. The number of methoxy groups -OCH3 is 1. The van der Waals surface area contributed by atoms with E-state index >= 15 is 0 Å². The third-order valence-corrected chi connectivity index (χ3v) is 4.59. The summed E-state index contributed by atoms with van der Waals surface area (Å²) >= 11 is 0. The fourth-order valence-corrected chi connectivity index (χ4v) is 3.05. The molecule has 0 aromatic carbocycles. The zero-order valence-corrected chi connectivity index (χ0v) is 15.7. The number of nitrogens with zero attached hydrogens (tertiary/aromatic N) is 4. The Morgan fingerprint density at radius 3 is 2.88 bits per heavy atom. The van der Waals surface area contributed by atoms with E-state index in [0.29, 0.717) is 25.6 Å². The molecular formula is C19H27N5O2. The smallest absolute Gasteiger partial charge is 0.318 e. The van der Waals surface area contributed by atoms with Gasteiger partial charge in [0.2, 0.25) is 0 Å². The number of carbonyl (C=O) groups excluding carboxylic acids is 1. The molecule has 0 radical (unpaired) electrons. The zero-order chi connectivity index (χ0) is 18.5. The molecule has 0 spiro atoms. The minimum absolute atomic E-state index is 0.0404. The van der Waals surface area contributed by atoms with Crippen LogP contribution in [0.1, 0.15) is 35.8 Å². The molecule has 1 N–H and O–H groups in total. The van der Waals surface area contributed by atoms with Crippen LogP contribution in [0.2, 0.25) is 0 Å². The van der Waals surface area contributed by atoms with Gasteiger partial charge in [-0.1, -0.05) is 6.07 Å². The number of hydrogen-bond acceptors (Lipinski definition) is 4. The van der Waals surface area contributed by atoms with E-state index in [1.54, 1.807) is 22.9 Å². The second-order valence-electron chi connectivity index (χ2n) is 6.91. The van der Waals surface area contributed by atoms with Crippen molar-refractivity contribution in [3.05, 3.63) is 47.5 Å². The highest BCUT2D eigenvalue weighted by Crippen LogP contribution is 2.40. The maximum Gasteiger partial charge on any atom is 0.318 e. The summed E-state index contributed by atoms with van der Waals surface area (Å²) < 4.78 is 6.92. The van der Waals surface area contributed by atoms with Gasteiger partial charge in [0.05, 0.1) is 31.1 Å². The summed E-state index contributed by atoms with van der Waals surface area (Å²) in [5, 5.41) is 7.38. The quantitative estimate of drug-likeness (QED) is 0.788. The molecule has 140 valence electrons. The van der Waals surface area contributed by atoms with E-state index in [2.05, 4.69) is 15.4 Å². The first-order chi connectivity index (χ1) is 12.6. The van der Waals surface area contributed by atoms with Gasteiger partial charge in [-0.3, -0.25) is 9.67 Å². The molecule has 0 saturated heterocycles. The van der Waals surface area contributed by atoms with Crippen molar-refractivity contribution in [2.24, 2.45) is 13.0 Å². The molecule has 0 bridgehead atoms. The van der Waals surface area contributed by atoms with Gasteiger partial charge < -0.3 is 15.0 Å². The minimum Gasteiger partial charge on any atom is -0.383 e. The molecular weight excluding hydrogens is 330 g/mol. The first-order valence-corrected chi connectivity index (χ1v) is 9.02. The van der Waals surface area contributed by atoms with Crippen molar-refractivity contribution in [2.75, 3.05) is 20.3 Å². The Bertz CT molecular complexity index is 741. The monoisotopic (exact) mass is 357 g/mol. The van der Waals surface area contributed by atoms with Crippen molar-refractivity contribution in [3.63, 3.8) is 0 Å². The highest BCUT2D eigenvalue weighted by Gasteiger charge is 2.35. The SMILES string of the molecule is COCCN(Cc1cnn(C)c1)C(=O)N[C@@H](c1cccc(C)n1)C1CC1. The van der Waals surface area contributed by atoms with E-state index in [0.717, 1.165) is 29.8 Å². The lowest BCUT2D eigenvalue weighted by Gasteiger charge is -2.26. The molecule has 3 rings (SSSR count). The first kappa shape index (κ1) is 18.4. The minimum atomic E-state index is -0.0916. The van der Waals surface area contributed by atoms with Crippen LogP contribution in [-0.2, 0) is 18.3 Å². The van der Waals surface area contributed by atoms with Crippen LogP contribution < -0.4 is 5.32 Å². The maximum atomic E-state index is 13.0. The summed E-state index contributed by atoms with van der Waals surface area (Å²) in [7, 11) is 3.51. The van der Waals surface area contributed by atoms with E-state index in [-0.39, 0.29) is 12.1 Å². The molecule has 1 aliphatic rings. The molecule has 1 fully saturated rings. The van der Waals surface area contributed by atoms with Crippen LogP contribution in [0.15, 0.2) is 30.6 Å². The van der Waals surface area contributed by atoms with Crippen LogP contribution >= 0.6 is 0 Å². The number of aryl methyl sites for hydroxylation is 2. The highest BCUT2D eigenvalue weighted by molar-refractivity contribution is 5.74. The first-order valence-electron chi connectivity index (χ1n) is 9.02. The van der Waals surface area contributed by atoms with Crippen LogP contribution in [0.4, 0.5) is 4.79 Å². The summed E-state index contributed by atoms with van der Waals surface area (Å²) in [6.45, 7) is 3.49. The van der Waals surface area contributed by atoms with E-state index < -0.39 is 0 Å². The zero-order valence-electron chi connectivity index (χ0n) is 15.7. The van der Waals surface area contributed by atoms with Gasteiger partial charge in [-0.2, -0.15) is 5.10 Å². The number of nitrogens with one attached hydrogen (secondary N) is 1. The topological polar surface area (TPSA) is 72.3 Å². The Morgan fingerprint density at radius 1 is 1.46 bits per heavy atom. The summed E-state index contributed by atoms with van der Waals surface area (Å²) in [5.41, 5.74) is 2.90. The van der Waals surface area contributed by atoms with Crippen molar-refractivity contribution in [2.45, 2.75) is 32.4 Å². The molecule has 1 saturated carbocycles. The number of pyridine rings is 1. The van der Waals surface area contributed by atoms with Gasteiger partial charge >= 0.3 is 6.03 Å². The Labute approximate surface area is 154 Å². The standard InChI is InChI=1S/C19H27N5O2/c1-14-5-4-6-17(21-14)18(16-7-8-16)22-19(25)24(9-10-26-3)13-15-11-20-23(2)12-15/h4-6,11-12,16,18H,7-10,13H2,1-3H3,(H,22,25)/t18-/m1/s1. The molecule has 0 aliphatic heterocycles. The Balaban J connectivity index is 1.72. The lowest BCUT2D eigenvalue weighted by molar-refractivity contribution is 0.144. The van der Waals surface area contributed by atoms with Crippen LogP contribution in [-0.4, -0.2) is 46.0 Å². The van der Waals surface area contributed by atoms with E-state index in [1.165, 1.54) is 0 Å². The predicted molar refractivity (Wildman–Crippen MR) is 98.5 cm³/mol. The van der Waals surface area contributed by atoms with Gasteiger partial charge in [-0.15, -0.1) is 0 Å². The number of carbonyl (C=O) groups is 1. The lowest BCUT2D eigenvalue weighted by Crippen LogP contribution is -2.43. The fourth-order valence-electron chi connectivity index (χ4n) is 3.05. The average molecular weight is 357 g/mol. The molecule has 2 heterocycles.